The average Bonchev–Trinajstić information content (AvgIpc) is 3.27. The van der Waals surface area contributed by atoms with Crippen LogP contribution in [0.5, 0.6) is 0 Å². The van der Waals surface area contributed by atoms with E-state index in [4.69, 9.17) is 4.74 Å². The number of aromatic nitrogens is 4. The van der Waals surface area contributed by atoms with Crippen LogP contribution in [0.4, 0.5) is 5.82 Å². The molecule has 2 aliphatic heterocycles. The molecule has 2 fully saturated rings. The maximum Gasteiger partial charge on any atom is 0.272 e. The van der Waals surface area contributed by atoms with Crippen LogP contribution in [-0.4, -0.2) is 61.8 Å². The molecule has 2 aliphatic rings. The van der Waals surface area contributed by atoms with E-state index in [2.05, 4.69) is 20.4 Å². The first kappa shape index (κ1) is 16.6. The molecule has 0 bridgehead atoms. The number of anilines is 1. The number of piperidine rings is 1. The summed E-state index contributed by atoms with van der Waals surface area (Å²) in [7, 11) is 1.75. The molecule has 0 aliphatic carbocycles. The lowest BCUT2D eigenvalue weighted by Crippen LogP contribution is -2.46. The summed E-state index contributed by atoms with van der Waals surface area (Å²) < 4.78 is 7.52. The Morgan fingerprint density at radius 3 is 2.92 bits per heavy atom. The summed E-state index contributed by atoms with van der Waals surface area (Å²) in [5.41, 5.74) is 0.554. The first-order valence-electron chi connectivity index (χ1n) is 8.61. The Morgan fingerprint density at radius 2 is 2.19 bits per heavy atom. The van der Waals surface area contributed by atoms with Crippen LogP contribution in [-0.2, 0) is 16.6 Å². The Hall–Kier alpha value is -2.81. The number of carbonyl (C=O) groups excluding carboxylic acids is 2. The Labute approximate surface area is 150 Å². The lowest BCUT2D eigenvalue weighted by atomic mass is 9.91. The fourth-order valence-electron chi connectivity index (χ4n) is 3.60. The van der Waals surface area contributed by atoms with Crippen LogP contribution >= 0.6 is 0 Å². The molecule has 9 heteroatoms. The van der Waals surface area contributed by atoms with E-state index >= 15 is 0 Å². The minimum Gasteiger partial charge on any atom is -0.363 e. The van der Waals surface area contributed by atoms with E-state index < -0.39 is 6.10 Å². The molecule has 0 unspecified atom stereocenters. The van der Waals surface area contributed by atoms with Gasteiger partial charge in [-0.05, 0) is 24.8 Å². The van der Waals surface area contributed by atoms with E-state index in [9.17, 15) is 9.59 Å². The van der Waals surface area contributed by atoms with E-state index in [1.165, 1.54) is 12.4 Å². The maximum atomic E-state index is 12.6. The molecular formula is C17H20N6O3. The molecule has 0 spiro atoms. The van der Waals surface area contributed by atoms with Gasteiger partial charge in [-0.15, -0.1) is 0 Å². The highest BCUT2D eigenvalue weighted by molar-refractivity contribution is 5.94. The summed E-state index contributed by atoms with van der Waals surface area (Å²) in [6.07, 6.45) is 7.00. The summed E-state index contributed by atoms with van der Waals surface area (Å²) in [5, 5.41) is 6.78. The van der Waals surface area contributed by atoms with Crippen molar-refractivity contribution in [2.24, 2.45) is 13.0 Å². The topological polar surface area (TPSA) is 102 Å². The molecule has 136 valence electrons. The molecule has 2 aromatic heterocycles. The monoisotopic (exact) mass is 356 g/mol. The molecule has 1 N–H and O–H groups in total. The van der Waals surface area contributed by atoms with Crippen molar-refractivity contribution >= 4 is 17.6 Å². The highest BCUT2D eigenvalue weighted by Gasteiger charge is 2.43. The van der Waals surface area contributed by atoms with Crippen LogP contribution in [0.2, 0.25) is 0 Å². The molecule has 3 atom stereocenters. The summed E-state index contributed by atoms with van der Waals surface area (Å²) in [6, 6.07) is 1.71. The molecule has 26 heavy (non-hydrogen) atoms. The van der Waals surface area contributed by atoms with Crippen LogP contribution in [0, 0.1) is 5.92 Å². The fourth-order valence-corrected chi connectivity index (χ4v) is 3.60. The largest absolute Gasteiger partial charge is 0.363 e. The van der Waals surface area contributed by atoms with Crippen molar-refractivity contribution in [1.29, 1.82) is 0 Å². The maximum absolute atomic E-state index is 12.6. The Balaban J connectivity index is 1.38. The highest BCUT2D eigenvalue weighted by Crippen LogP contribution is 2.34. The second-order valence-electron chi connectivity index (χ2n) is 6.62. The minimum atomic E-state index is -0.529. The van der Waals surface area contributed by atoms with Crippen molar-refractivity contribution in [2.45, 2.75) is 25.0 Å². The van der Waals surface area contributed by atoms with E-state index in [-0.39, 0.29) is 23.8 Å². The molecular weight excluding hydrogens is 336 g/mol. The van der Waals surface area contributed by atoms with Gasteiger partial charge in [-0.3, -0.25) is 19.3 Å². The van der Waals surface area contributed by atoms with E-state index in [1.54, 1.807) is 35.1 Å². The number of amides is 2. The second-order valence-corrected chi connectivity index (χ2v) is 6.62. The van der Waals surface area contributed by atoms with Crippen LogP contribution in [0.15, 0.2) is 30.9 Å². The van der Waals surface area contributed by atoms with Gasteiger partial charge in [0, 0.05) is 38.7 Å². The van der Waals surface area contributed by atoms with Crippen molar-refractivity contribution in [1.82, 2.24) is 24.6 Å². The molecule has 0 aromatic carbocycles. The van der Waals surface area contributed by atoms with Gasteiger partial charge in [0.2, 0.25) is 0 Å². The SMILES string of the molecule is Cn1nccc1C(=O)N1CC[C@@H]2C[C@@H](C(=O)Nc3cnccn3)O[C@H]2C1. The number of hydrogen-bond donors (Lipinski definition) is 1. The molecule has 2 aromatic rings. The number of ether oxygens (including phenoxy) is 1. The van der Waals surface area contributed by atoms with Crippen LogP contribution in [0.1, 0.15) is 23.3 Å². The third kappa shape index (κ3) is 3.17. The summed E-state index contributed by atoms with van der Waals surface area (Å²) in [6.45, 7) is 1.15. The van der Waals surface area contributed by atoms with Gasteiger partial charge in [0.25, 0.3) is 11.8 Å². The first-order valence-corrected chi connectivity index (χ1v) is 8.61. The lowest BCUT2D eigenvalue weighted by Gasteiger charge is -2.33. The normalized spacial score (nSPS) is 25.0. The number of rotatable bonds is 3. The van der Waals surface area contributed by atoms with E-state index in [0.29, 0.717) is 31.0 Å². The smallest absolute Gasteiger partial charge is 0.272 e. The number of nitrogens with one attached hydrogen (secondary N) is 1. The van der Waals surface area contributed by atoms with Gasteiger partial charge in [-0.1, -0.05) is 0 Å². The van der Waals surface area contributed by atoms with Crippen molar-refractivity contribution < 1.29 is 14.3 Å². The molecule has 2 saturated heterocycles. The second kappa shape index (κ2) is 6.83. The average molecular weight is 356 g/mol. The quantitative estimate of drug-likeness (QED) is 0.858. The predicted molar refractivity (Wildman–Crippen MR) is 91.2 cm³/mol. The highest BCUT2D eigenvalue weighted by atomic mass is 16.5. The standard InChI is InChI=1S/C17H20N6O3/c1-22-12(2-4-20-22)17(25)23-7-3-11-8-13(26-14(11)10-23)16(24)21-15-9-18-5-6-19-15/h2,4-6,9,11,13-14H,3,7-8,10H2,1H3,(H,19,21,24)/t11-,13+,14+/m1/s1. The van der Waals surface area contributed by atoms with E-state index in [0.717, 1.165) is 6.42 Å². The van der Waals surface area contributed by atoms with Gasteiger partial charge in [-0.25, -0.2) is 4.98 Å². The van der Waals surface area contributed by atoms with Crippen LogP contribution < -0.4 is 5.32 Å². The van der Waals surface area contributed by atoms with Crippen molar-refractivity contribution in [3.05, 3.63) is 36.5 Å². The number of carbonyl (C=O) groups is 2. The summed E-state index contributed by atoms with van der Waals surface area (Å²) >= 11 is 0. The van der Waals surface area contributed by atoms with Crippen molar-refractivity contribution in [2.75, 3.05) is 18.4 Å². The zero-order valence-corrected chi connectivity index (χ0v) is 14.4. The fraction of sp³-hybridized carbons (Fsp3) is 0.471. The minimum absolute atomic E-state index is 0.0560. The molecule has 2 amide bonds. The third-order valence-electron chi connectivity index (χ3n) is 4.99. The molecule has 9 nitrogen and oxygen atoms in total. The van der Waals surface area contributed by atoms with Gasteiger partial charge in [-0.2, -0.15) is 5.10 Å². The van der Waals surface area contributed by atoms with Gasteiger partial charge < -0.3 is 15.0 Å². The Bertz CT molecular complexity index is 808. The van der Waals surface area contributed by atoms with Gasteiger partial charge >= 0.3 is 0 Å². The number of fused-ring (bicyclic) bond motifs is 1. The predicted octanol–water partition coefficient (Wildman–Crippen LogP) is 0.468. The Kier molecular flexibility index (Phi) is 4.37. The first-order chi connectivity index (χ1) is 12.6. The van der Waals surface area contributed by atoms with Gasteiger partial charge in [0.1, 0.15) is 11.8 Å². The third-order valence-corrected chi connectivity index (χ3v) is 4.99. The zero-order chi connectivity index (χ0) is 18.1. The van der Waals surface area contributed by atoms with Crippen molar-refractivity contribution in [3.8, 4) is 0 Å². The number of likely N-dealkylation sites (tertiary alicyclic amines) is 1. The molecule has 0 radical (unpaired) electrons. The van der Waals surface area contributed by atoms with Gasteiger partial charge in [0.15, 0.2) is 5.82 Å². The van der Waals surface area contributed by atoms with E-state index in [1.807, 2.05) is 0 Å². The zero-order valence-electron chi connectivity index (χ0n) is 14.4. The van der Waals surface area contributed by atoms with Crippen LogP contribution in [0.25, 0.3) is 0 Å². The number of aryl methyl sites for hydroxylation is 1. The summed E-state index contributed by atoms with van der Waals surface area (Å²) in [4.78, 5) is 34.8. The Morgan fingerprint density at radius 1 is 1.31 bits per heavy atom. The number of nitrogens with zero attached hydrogens (tertiary/aromatic N) is 5. The van der Waals surface area contributed by atoms with Crippen molar-refractivity contribution in [3.63, 3.8) is 0 Å². The molecule has 0 saturated carbocycles. The van der Waals surface area contributed by atoms with Gasteiger partial charge in [0.05, 0.1) is 12.3 Å². The molecule has 4 heterocycles. The van der Waals surface area contributed by atoms with Crippen LogP contribution in [0.3, 0.4) is 0 Å². The molecule has 4 rings (SSSR count). The summed E-state index contributed by atoms with van der Waals surface area (Å²) in [5.74, 6) is 0.413. The lowest BCUT2D eigenvalue weighted by molar-refractivity contribution is -0.127. The number of hydrogen-bond acceptors (Lipinski definition) is 6.